The van der Waals surface area contributed by atoms with Gasteiger partial charge in [-0.05, 0) is 47.0 Å². The van der Waals surface area contributed by atoms with Crippen molar-refractivity contribution in [2.24, 2.45) is 0 Å². The third-order valence-electron chi connectivity index (χ3n) is 5.04. The van der Waals surface area contributed by atoms with Crippen LogP contribution in [0.25, 0.3) is 11.1 Å². The molecule has 31 heavy (non-hydrogen) atoms. The maximum Gasteiger partial charge on any atom is 0.255 e. The number of hydrogen-bond donors (Lipinski definition) is 2. The number of methoxy groups -OCH3 is 1. The molecule has 0 fully saturated rings. The lowest BCUT2D eigenvalue weighted by Gasteiger charge is -2.13. The fourth-order valence-electron chi connectivity index (χ4n) is 3.36. The van der Waals surface area contributed by atoms with Gasteiger partial charge in [0.15, 0.2) is 0 Å². The first-order valence-electron chi connectivity index (χ1n) is 10.2. The van der Waals surface area contributed by atoms with Crippen LogP contribution >= 0.6 is 0 Å². The second-order valence-electron chi connectivity index (χ2n) is 7.15. The highest BCUT2D eigenvalue weighted by atomic mass is 16.5. The maximum atomic E-state index is 12.6. The van der Waals surface area contributed by atoms with E-state index >= 15 is 0 Å². The highest BCUT2D eigenvalue weighted by Crippen LogP contribution is 2.27. The predicted octanol–water partition coefficient (Wildman–Crippen LogP) is 6.23. The van der Waals surface area contributed by atoms with Gasteiger partial charge in [-0.3, -0.25) is 4.79 Å². The number of anilines is 2. The number of benzene rings is 4. The first kappa shape index (κ1) is 20.2. The molecule has 1 amide bonds. The van der Waals surface area contributed by atoms with Crippen molar-refractivity contribution in [1.82, 2.24) is 0 Å². The van der Waals surface area contributed by atoms with E-state index in [9.17, 15) is 4.79 Å². The van der Waals surface area contributed by atoms with Crippen LogP contribution in [-0.2, 0) is 6.54 Å². The summed E-state index contributed by atoms with van der Waals surface area (Å²) in [6, 6.07) is 33.5. The third-order valence-corrected chi connectivity index (χ3v) is 5.04. The molecule has 0 saturated heterocycles. The summed E-state index contributed by atoms with van der Waals surface area (Å²) in [6.07, 6.45) is 0. The highest BCUT2D eigenvalue weighted by Gasteiger charge is 2.11. The van der Waals surface area contributed by atoms with Gasteiger partial charge in [0.25, 0.3) is 5.91 Å². The van der Waals surface area contributed by atoms with Crippen molar-refractivity contribution >= 4 is 17.3 Å². The summed E-state index contributed by atoms with van der Waals surface area (Å²) >= 11 is 0. The van der Waals surface area contributed by atoms with Crippen LogP contribution in [0.15, 0.2) is 103 Å². The van der Waals surface area contributed by atoms with Gasteiger partial charge in [0, 0.05) is 17.8 Å². The molecule has 0 bridgehead atoms. The fraction of sp³-hybridized carbons (Fsp3) is 0.0741. The Balaban J connectivity index is 1.46. The molecule has 4 rings (SSSR count). The number of nitrogens with one attached hydrogen (secondary N) is 2. The predicted molar refractivity (Wildman–Crippen MR) is 127 cm³/mol. The number of hydrogen-bond acceptors (Lipinski definition) is 3. The molecule has 4 heteroatoms. The van der Waals surface area contributed by atoms with Gasteiger partial charge < -0.3 is 15.4 Å². The Labute approximate surface area is 182 Å². The molecule has 4 aromatic carbocycles. The number of carbonyl (C=O) groups is 1. The minimum absolute atomic E-state index is 0.163. The average molecular weight is 409 g/mol. The minimum Gasteiger partial charge on any atom is -0.495 e. The lowest BCUT2D eigenvalue weighted by Crippen LogP contribution is -2.12. The van der Waals surface area contributed by atoms with Crippen molar-refractivity contribution < 1.29 is 9.53 Å². The van der Waals surface area contributed by atoms with Gasteiger partial charge >= 0.3 is 0 Å². The van der Waals surface area contributed by atoms with Gasteiger partial charge in [-0.25, -0.2) is 0 Å². The molecule has 0 radical (unpaired) electrons. The van der Waals surface area contributed by atoms with E-state index in [1.807, 2.05) is 54.6 Å². The van der Waals surface area contributed by atoms with E-state index in [0.29, 0.717) is 17.9 Å². The summed E-state index contributed by atoms with van der Waals surface area (Å²) in [5.41, 5.74) is 5.61. The molecule has 154 valence electrons. The van der Waals surface area contributed by atoms with Crippen LogP contribution in [0.4, 0.5) is 11.4 Å². The van der Waals surface area contributed by atoms with Crippen molar-refractivity contribution in [3.8, 4) is 16.9 Å². The highest BCUT2D eigenvalue weighted by molar-refractivity contribution is 6.05. The summed E-state index contributed by atoms with van der Waals surface area (Å²) in [5.74, 6) is 0.529. The van der Waals surface area contributed by atoms with Crippen molar-refractivity contribution in [1.29, 1.82) is 0 Å². The summed E-state index contributed by atoms with van der Waals surface area (Å²) in [7, 11) is 1.62. The average Bonchev–Trinajstić information content (AvgIpc) is 2.84. The van der Waals surface area contributed by atoms with Gasteiger partial charge in [0.05, 0.1) is 12.8 Å². The van der Waals surface area contributed by atoms with Gasteiger partial charge in [-0.1, -0.05) is 72.8 Å². The van der Waals surface area contributed by atoms with E-state index in [0.717, 1.165) is 16.9 Å². The summed E-state index contributed by atoms with van der Waals surface area (Å²) in [6.45, 7) is 0.620. The number of amides is 1. The molecule has 0 aliphatic carbocycles. The van der Waals surface area contributed by atoms with Crippen molar-refractivity contribution in [2.75, 3.05) is 17.7 Å². The van der Waals surface area contributed by atoms with Crippen LogP contribution in [0.1, 0.15) is 15.9 Å². The lowest BCUT2D eigenvalue weighted by molar-refractivity contribution is 0.102. The molecular formula is C27H24N2O2. The zero-order valence-corrected chi connectivity index (χ0v) is 17.3. The van der Waals surface area contributed by atoms with E-state index in [2.05, 4.69) is 47.0 Å². The van der Waals surface area contributed by atoms with Gasteiger partial charge in [0.2, 0.25) is 0 Å². The summed E-state index contributed by atoms with van der Waals surface area (Å²) in [4.78, 5) is 12.6. The number of para-hydroxylation sites is 1. The number of ether oxygens (including phenoxy) is 1. The SMILES string of the molecule is COc1ccc(C(=O)Nc2ccccc2)cc1NCc1ccc(-c2ccccc2)cc1. The molecule has 0 heterocycles. The van der Waals surface area contributed by atoms with Gasteiger partial charge in [-0.15, -0.1) is 0 Å². The molecule has 0 atom stereocenters. The second-order valence-corrected chi connectivity index (χ2v) is 7.15. The van der Waals surface area contributed by atoms with Crippen molar-refractivity contribution in [3.63, 3.8) is 0 Å². The zero-order valence-electron chi connectivity index (χ0n) is 17.3. The molecule has 4 nitrogen and oxygen atoms in total. The third kappa shape index (κ3) is 5.11. The molecule has 2 N–H and O–H groups in total. The summed E-state index contributed by atoms with van der Waals surface area (Å²) < 4.78 is 5.47. The topological polar surface area (TPSA) is 50.4 Å². The van der Waals surface area contributed by atoms with Crippen LogP contribution in [0.2, 0.25) is 0 Å². The van der Waals surface area contributed by atoms with Crippen molar-refractivity contribution in [3.05, 3.63) is 114 Å². The monoisotopic (exact) mass is 408 g/mol. The first-order chi connectivity index (χ1) is 15.2. The molecule has 0 aliphatic heterocycles. The largest absolute Gasteiger partial charge is 0.495 e. The smallest absolute Gasteiger partial charge is 0.255 e. The number of rotatable bonds is 7. The fourth-order valence-corrected chi connectivity index (χ4v) is 3.36. The van der Waals surface area contributed by atoms with E-state index in [-0.39, 0.29) is 5.91 Å². The van der Waals surface area contributed by atoms with Gasteiger partial charge in [0.1, 0.15) is 5.75 Å². The van der Waals surface area contributed by atoms with Gasteiger partial charge in [-0.2, -0.15) is 0 Å². The molecule has 0 unspecified atom stereocenters. The van der Waals surface area contributed by atoms with E-state index in [1.54, 1.807) is 19.2 Å². The Hall–Kier alpha value is -4.05. The Bertz CT molecular complexity index is 1140. The van der Waals surface area contributed by atoms with E-state index in [4.69, 9.17) is 4.74 Å². The standard InChI is InChI=1S/C27H24N2O2/c1-31-26-17-16-23(27(30)29-24-10-6-3-7-11-24)18-25(26)28-19-20-12-14-22(15-13-20)21-8-4-2-5-9-21/h2-18,28H,19H2,1H3,(H,29,30). The van der Waals surface area contributed by atoms with Crippen molar-refractivity contribution in [2.45, 2.75) is 6.54 Å². The van der Waals surface area contributed by atoms with Crippen LogP contribution in [0.5, 0.6) is 5.75 Å². The van der Waals surface area contributed by atoms with Crippen LogP contribution < -0.4 is 15.4 Å². The molecule has 0 spiro atoms. The Kier molecular flexibility index (Phi) is 6.29. The maximum absolute atomic E-state index is 12.6. The molecule has 0 saturated carbocycles. The first-order valence-corrected chi connectivity index (χ1v) is 10.2. The zero-order chi connectivity index (χ0) is 21.5. The summed E-state index contributed by atoms with van der Waals surface area (Å²) in [5, 5.41) is 6.30. The minimum atomic E-state index is -0.163. The van der Waals surface area contributed by atoms with E-state index < -0.39 is 0 Å². The van der Waals surface area contributed by atoms with Crippen LogP contribution in [0.3, 0.4) is 0 Å². The van der Waals surface area contributed by atoms with Crippen LogP contribution in [0, 0.1) is 0 Å². The lowest BCUT2D eigenvalue weighted by atomic mass is 10.0. The normalized spacial score (nSPS) is 10.4. The Morgan fingerprint density at radius 1 is 0.774 bits per heavy atom. The van der Waals surface area contributed by atoms with E-state index in [1.165, 1.54) is 11.1 Å². The molecule has 0 aromatic heterocycles. The molecular weight excluding hydrogens is 384 g/mol. The second kappa shape index (κ2) is 9.63. The Morgan fingerprint density at radius 3 is 2.10 bits per heavy atom. The Morgan fingerprint density at radius 2 is 1.42 bits per heavy atom. The molecule has 4 aromatic rings. The van der Waals surface area contributed by atoms with Crippen LogP contribution in [-0.4, -0.2) is 13.0 Å². The number of carbonyl (C=O) groups excluding carboxylic acids is 1. The quantitative estimate of drug-likeness (QED) is 0.381. The molecule has 0 aliphatic rings.